The lowest BCUT2D eigenvalue weighted by molar-refractivity contribution is 0.928. The zero-order valence-electron chi connectivity index (χ0n) is 5.15. The molecule has 0 fully saturated rings. The third-order valence-corrected chi connectivity index (χ3v) is 1.44. The highest BCUT2D eigenvalue weighted by atomic mass is 15.3. The van der Waals surface area contributed by atoms with E-state index in [0.29, 0.717) is 0 Å². The fourth-order valence-electron chi connectivity index (χ4n) is 0.941. The summed E-state index contributed by atoms with van der Waals surface area (Å²) in [5.74, 6) is 0. The third kappa shape index (κ3) is 0.483. The van der Waals surface area contributed by atoms with Crippen LogP contribution in [0.15, 0.2) is 24.7 Å². The van der Waals surface area contributed by atoms with Gasteiger partial charge in [-0.15, -0.1) is 0 Å². The molecule has 0 bridgehead atoms. The van der Waals surface area contributed by atoms with Gasteiger partial charge in [0.05, 0.1) is 6.20 Å². The predicted octanol–water partition coefficient (Wildman–Crippen LogP) is 0.673. The molecule has 2 heterocycles. The number of hydrogen-bond donors (Lipinski definition) is 0. The van der Waals surface area contributed by atoms with E-state index in [4.69, 9.17) is 0 Å². The molecule has 0 aromatic carbocycles. The van der Waals surface area contributed by atoms with Crippen molar-refractivity contribution < 1.29 is 0 Å². The van der Waals surface area contributed by atoms with Crippen LogP contribution in [0.1, 0.15) is 0 Å². The van der Waals surface area contributed by atoms with Gasteiger partial charge in [0.15, 0.2) is 0 Å². The molecule has 0 saturated heterocycles. The Morgan fingerprint density at radius 3 is 3.11 bits per heavy atom. The van der Waals surface area contributed by atoms with E-state index in [0.717, 1.165) is 5.65 Å². The van der Waals surface area contributed by atoms with E-state index in [9.17, 15) is 0 Å². The van der Waals surface area contributed by atoms with Crippen molar-refractivity contribution in [3.63, 3.8) is 0 Å². The first-order valence-corrected chi connectivity index (χ1v) is 2.82. The first-order chi connectivity index (χ1) is 4.38. The number of aromatic nitrogens is 3. The summed E-state index contributed by atoms with van der Waals surface area (Å²) in [6.45, 7) is 0. The number of hydrogen-bond acceptors (Lipinski definition) is 1. The summed E-state index contributed by atoms with van der Waals surface area (Å²) < 4.78 is 3.85. The van der Waals surface area contributed by atoms with E-state index in [1.165, 1.54) is 0 Å². The molecule has 46 valence electrons. The minimum Gasteiger partial charge on any atom is -0.334 e. The summed E-state index contributed by atoms with van der Waals surface area (Å²) in [7, 11) is 2.00. The summed E-state index contributed by atoms with van der Waals surface area (Å²) >= 11 is 0. The molecule has 2 aromatic rings. The van der Waals surface area contributed by atoms with Crippen LogP contribution in [0.4, 0.5) is 0 Å². The molecule has 0 N–H and O–H groups in total. The van der Waals surface area contributed by atoms with Crippen LogP contribution in [0.2, 0.25) is 0 Å². The lowest BCUT2D eigenvalue weighted by atomic mass is 10.7. The number of aryl methyl sites for hydroxylation is 1. The van der Waals surface area contributed by atoms with Crippen LogP contribution in [-0.4, -0.2) is 14.2 Å². The van der Waals surface area contributed by atoms with Gasteiger partial charge in [0.2, 0.25) is 0 Å². The molecule has 0 saturated carbocycles. The highest BCUT2D eigenvalue weighted by Gasteiger charge is 1.93. The van der Waals surface area contributed by atoms with Crippen molar-refractivity contribution in [1.82, 2.24) is 14.2 Å². The predicted molar refractivity (Wildman–Crippen MR) is 34.2 cm³/mol. The van der Waals surface area contributed by atoms with Crippen molar-refractivity contribution in [2.45, 2.75) is 0 Å². The maximum Gasteiger partial charge on any atom is 0.135 e. The Morgan fingerprint density at radius 2 is 2.33 bits per heavy atom. The molecule has 0 aliphatic rings. The van der Waals surface area contributed by atoms with Crippen LogP contribution in [0, 0.1) is 0 Å². The molecule has 0 atom stereocenters. The Bertz CT molecular complexity index is 317. The normalized spacial score (nSPS) is 10.8. The molecule has 2 aromatic heterocycles. The Balaban J connectivity index is 2.99. The Labute approximate surface area is 52.5 Å². The average molecular weight is 121 g/mol. The minimum absolute atomic E-state index is 1.12. The Hall–Kier alpha value is -1.25. The van der Waals surface area contributed by atoms with E-state index in [2.05, 4.69) is 5.10 Å². The lowest BCUT2D eigenvalue weighted by Crippen LogP contribution is -1.83. The van der Waals surface area contributed by atoms with Crippen LogP contribution in [0.5, 0.6) is 0 Å². The number of imidazole rings is 1. The molecular formula is C6H7N3. The molecule has 2 rings (SSSR count). The molecule has 3 heteroatoms. The van der Waals surface area contributed by atoms with Crippen LogP contribution < -0.4 is 0 Å². The number of fused-ring (bicyclic) bond motifs is 1. The second-order valence-corrected chi connectivity index (χ2v) is 2.04. The van der Waals surface area contributed by atoms with Crippen LogP contribution >= 0.6 is 0 Å². The standard InChI is InChI=1S/C6H7N3/c1-8-4-5-9-6(8)2-3-7-9/h2-5H,1H3. The van der Waals surface area contributed by atoms with E-state index < -0.39 is 0 Å². The van der Waals surface area contributed by atoms with Crippen molar-refractivity contribution in [2.24, 2.45) is 7.05 Å². The summed E-state index contributed by atoms with van der Waals surface area (Å²) in [5, 5.41) is 4.04. The summed E-state index contributed by atoms with van der Waals surface area (Å²) in [4.78, 5) is 0. The number of rotatable bonds is 0. The molecule has 0 aliphatic heterocycles. The second-order valence-electron chi connectivity index (χ2n) is 2.04. The van der Waals surface area contributed by atoms with Crippen molar-refractivity contribution in [1.29, 1.82) is 0 Å². The average Bonchev–Trinajstić information content (AvgIpc) is 2.35. The fraction of sp³-hybridized carbons (Fsp3) is 0.167. The topological polar surface area (TPSA) is 22.2 Å². The van der Waals surface area contributed by atoms with Crippen LogP contribution in [-0.2, 0) is 7.05 Å². The molecule has 0 amide bonds. The van der Waals surface area contributed by atoms with Gasteiger partial charge in [0.25, 0.3) is 0 Å². The maximum absolute atomic E-state index is 4.04. The third-order valence-electron chi connectivity index (χ3n) is 1.44. The summed E-state index contributed by atoms with van der Waals surface area (Å²) in [5.41, 5.74) is 1.12. The molecule has 0 spiro atoms. The molecular weight excluding hydrogens is 114 g/mol. The van der Waals surface area contributed by atoms with E-state index in [-0.39, 0.29) is 0 Å². The highest BCUT2D eigenvalue weighted by molar-refractivity contribution is 5.37. The van der Waals surface area contributed by atoms with Crippen molar-refractivity contribution in [2.75, 3.05) is 0 Å². The molecule has 0 aliphatic carbocycles. The molecule has 0 radical (unpaired) electrons. The first kappa shape index (κ1) is 4.61. The van der Waals surface area contributed by atoms with Crippen molar-refractivity contribution >= 4 is 5.65 Å². The maximum atomic E-state index is 4.04. The smallest absolute Gasteiger partial charge is 0.135 e. The number of nitrogens with zero attached hydrogens (tertiary/aromatic N) is 3. The first-order valence-electron chi connectivity index (χ1n) is 2.82. The monoisotopic (exact) mass is 121 g/mol. The van der Waals surface area contributed by atoms with Gasteiger partial charge in [-0.25, -0.2) is 4.52 Å². The zero-order valence-corrected chi connectivity index (χ0v) is 5.15. The van der Waals surface area contributed by atoms with E-state index >= 15 is 0 Å². The fourth-order valence-corrected chi connectivity index (χ4v) is 0.941. The van der Waals surface area contributed by atoms with Gasteiger partial charge in [0, 0.05) is 25.5 Å². The SMILES string of the molecule is Cn1ccn2nccc12. The minimum atomic E-state index is 1.12. The van der Waals surface area contributed by atoms with Gasteiger partial charge in [0.1, 0.15) is 5.65 Å². The van der Waals surface area contributed by atoms with Gasteiger partial charge in [-0.3, -0.25) is 0 Å². The Morgan fingerprint density at radius 1 is 1.44 bits per heavy atom. The lowest BCUT2D eigenvalue weighted by Gasteiger charge is -1.85. The van der Waals surface area contributed by atoms with Crippen LogP contribution in [0.25, 0.3) is 5.65 Å². The highest BCUT2D eigenvalue weighted by Crippen LogP contribution is 1.99. The van der Waals surface area contributed by atoms with E-state index in [1.807, 2.05) is 34.6 Å². The van der Waals surface area contributed by atoms with Crippen molar-refractivity contribution in [3.8, 4) is 0 Å². The quantitative estimate of drug-likeness (QED) is 0.502. The second kappa shape index (κ2) is 1.37. The molecule has 3 nitrogen and oxygen atoms in total. The van der Waals surface area contributed by atoms with Gasteiger partial charge < -0.3 is 4.57 Å². The molecule has 0 unspecified atom stereocenters. The summed E-state index contributed by atoms with van der Waals surface area (Å²) in [6.07, 6.45) is 5.69. The Kier molecular flexibility index (Phi) is 0.704. The van der Waals surface area contributed by atoms with Gasteiger partial charge >= 0.3 is 0 Å². The van der Waals surface area contributed by atoms with Crippen molar-refractivity contribution in [3.05, 3.63) is 24.7 Å². The van der Waals surface area contributed by atoms with Gasteiger partial charge in [-0.2, -0.15) is 5.10 Å². The van der Waals surface area contributed by atoms with Gasteiger partial charge in [-0.05, 0) is 0 Å². The zero-order chi connectivity index (χ0) is 6.27. The largest absolute Gasteiger partial charge is 0.334 e. The molecule has 9 heavy (non-hydrogen) atoms. The summed E-state index contributed by atoms with van der Waals surface area (Å²) in [6, 6.07) is 1.97. The van der Waals surface area contributed by atoms with Gasteiger partial charge in [-0.1, -0.05) is 0 Å². The van der Waals surface area contributed by atoms with Crippen LogP contribution in [0.3, 0.4) is 0 Å². The van der Waals surface area contributed by atoms with E-state index in [1.54, 1.807) is 6.20 Å².